The van der Waals surface area contributed by atoms with Crippen LogP contribution in [-0.4, -0.2) is 43.8 Å². The molecule has 1 aliphatic heterocycles. The number of pyridine rings is 1. The molecule has 23 heavy (non-hydrogen) atoms. The Balaban J connectivity index is 1.78. The van der Waals surface area contributed by atoms with Crippen molar-refractivity contribution in [3.63, 3.8) is 0 Å². The van der Waals surface area contributed by atoms with Crippen LogP contribution in [0, 0.1) is 6.92 Å². The van der Waals surface area contributed by atoms with Gasteiger partial charge in [-0.3, -0.25) is 14.6 Å². The second-order valence-electron chi connectivity index (χ2n) is 5.10. The van der Waals surface area contributed by atoms with E-state index < -0.39 is 5.91 Å². The minimum atomic E-state index is -0.408. The Labute approximate surface area is 132 Å². The molecule has 3 heterocycles. The van der Waals surface area contributed by atoms with Crippen molar-refractivity contribution in [1.82, 2.24) is 19.8 Å². The summed E-state index contributed by atoms with van der Waals surface area (Å²) in [6.07, 6.45) is 5.17. The molecule has 0 fully saturated rings. The van der Waals surface area contributed by atoms with Crippen LogP contribution in [-0.2, 0) is 9.59 Å². The van der Waals surface area contributed by atoms with Crippen LogP contribution in [0.1, 0.15) is 18.9 Å². The summed E-state index contributed by atoms with van der Waals surface area (Å²) in [4.78, 5) is 27.9. The van der Waals surface area contributed by atoms with Gasteiger partial charge in [0.1, 0.15) is 5.71 Å². The Hall–Kier alpha value is -3.03. The monoisotopic (exact) mass is 312 g/mol. The molecule has 1 N–H and O–H groups in total. The van der Waals surface area contributed by atoms with E-state index in [1.807, 2.05) is 26.0 Å². The average Bonchev–Trinajstić information content (AvgIpc) is 3.11. The quantitative estimate of drug-likeness (QED) is 0.915. The topological polar surface area (TPSA) is 92.5 Å². The number of amides is 2. The van der Waals surface area contributed by atoms with E-state index in [0.29, 0.717) is 12.4 Å². The van der Waals surface area contributed by atoms with Crippen molar-refractivity contribution in [2.45, 2.75) is 20.3 Å². The molecule has 8 heteroatoms. The van der Waals surface area contributed by atoms with Gasteiger partial charge in [0.25, 0.3) is 5.91 Å². The van der Waals surface area contributed by atoms with E-state index in [1.54, 1.807) is 23.3 Å². The number of aromatic nitrogens is 3. The fourth-order valence-corrected chi connectivity index (χ4v) is 2.23. The van der Waals surface area contributed by atoms with Gasteiger partial charge in [0.05, 0.1) is 18.3 Å². The molecule has 8 nitrogen and oxygen atoms in total. The lowest BCUT2D eigenvalue weighted by molar-refractivity contribution is -0.128. The van der Waals surface area contributed by atoms with Gasteiger partial charge in [-0.25, -0.2) is 9.69 Å². The first-order chi connectivity index (χ1) is 11.1. The first-order valence-electron chi connectivity index (χ1n) is 7.24. The van der Waals surface area contributed by atoms with Crippen LogP contribution in [0.25, 0.3) is 5.69 Å². The molecule has 0 aliphatic carbocycles. The number of hydrogen-bond donors (Lipinski definition) is 1. The first kappa shape index (κ1) is 14.9. The third-order valence-corrected chi connectivity index (χ3v) is 3.45. The Morgan fingerprint density at radius 1 is 1.43 bits per heavy atom. The maximum absolute atomic E-state index is 12.2. The summed E-state index contributed by atoms with van der Waals surface area (Å²) in [6.45, 7) is 4.10. The van der Waals surface area contributed by atoms with E-state index in [4.69, 9.17) is 0 Å². The predicted molar refractivity (Wildman–Crippen MR) is 84.2 cm³/mol. The summed E-state index contributed by atoms with van der Waals surface area (Å²) in [5, 5.41) is 12.4. The largest absolute Gasteiger partial charge is 0.304 e. The number of aryl methyl sites for hydroxylation is 1. The maximum Gasteiger partial charge on any atom is 0.273 e. The van der Waals surface area contributed by atoms with Gasteiger partial charge in [0.2, 0.25) is 5.91 Å². The highest BCUT2D eigenvalue weighted by molar-refractivity contribution is 6.46. The standard InChI is InChI=1S/C15H16N6O2/c1-3-20-13(22)7-12(18-20)15(23)17-14-10(2)9-21(19-14)11-5-4-6-16-8-11/h4-6,8-9H,3,7H2,1-2H3,(H,17,19,23). The fourth-order valence-electron chi connectivity index (χ4n) is 2.23. The van der Waals surface area contributed by atoms with Gasteiger partial charge >= 0.3 is 0 Å². The van der Waals surface area contributed by atoms with Crippen molar-refractivity contribution in [1.29, 1.82) is 0 Å². The average molecular weight is 312 g/mol. The summed E-state index contributed by atoms with van der Waals surface area (Å²) in [6, 6.07) is 3.67. The van der Waals surface area contributed by atoms with Crippen molar-refractivity contribution in [3.05, 3.63) is 36.3 Å². The highest BCUT2D eigenvalue weighted by Gasteiger charge is 2.27. The molecule has 2 aromatic rings. The molecule has 0 atom stereocenters. The van der Waals surface area contributed by atoms with E-state index in [2.05, 4.69) is 20.5 Å². The van der Waals surface area contributed by atoms with Gasteiger partial charge in [-0.15, -0.1) is 5.10 Å². The molecule has 0 bridgehead atoms. The number of hydrogen-bond acceptors (Lipinski definition) is 5. The second-order valence-corrected chi connectivity index (χ2v) is 5.10. The maximum atomic E-state index is 12.2. The number of hydrazone groups is 1. The van der Waals surface area contributed by atoms with Crippen molar-refractivity contribution < 1.29 is 9.59 Å². The highest BCUT2D eigenvalue weighted by atomic mass is 16.2. The van der Waals surface area contributed by atoms with Gasteiger partial charge in [0, 0.05) is 24.5 Å². The first-order valence-corrected chi connectivity index (χ1v) is 7.24. The predicted octanol–water partition coefficient (Wildman–Crippen LogP) is 1.12. The van der Waals surface area contributed by atoms with E-state index in [1.165, 1.54) is 5.01 Å². The molecule has 3 rings (SSSR count). The molecule has 2 aromatic heterocycles. The highest BCUT2D eigenvalue weighted by Crippen LogP contribution is 2.16. The molecule has 2 amide bonds. The van der Waals surface area contributed by atoms with Crippen LogP contribution in [0.5, 0.6) is 0 Å². The summed E-state index contributed by atoms with van der Waals surface area (Å²) in [5.41, 5.74) is 1.80. The SMILES string of the molecule is CCN1N=C(C(=O)Nc2nn(-c3cccnc3)cc2C)CC1=O. The van der Waals surface area contributed by atoms with Crippen molar-refractivity contribution >= 4 is 23.3 Å². The fraction of sp³-hybridized carbons (Fsp3) is 0.267. The molecular formula is C15H16N6O2. The smallest absolute Gasteiger partial charge is 0.273 e. The lowest BCUT2D eigenvalue weighted by atomic mass is 10.2. The second kappa shape index (κ2) is 5.99. The van der Waals surface area contributed by atoms with E-state index >= 15 is 0 Å². The summed E-state index contributed by atoms with van der Waals surface area (Å²) in [7, 11) is 0. The molecule has 0 saturated heterocycles. The van der Waals surface area contributed by atoms with Crippen molar-refractivity contribution in [2.24, 2.45) is 5.10 Å². The molecule has 0 aromatic carbocycles. The van der Waals surface area contributed by atoms with Gasteiger partial charge in [-0.1, -0.05) is 0 Å². The zero-order valence-electron chi connectivity index (χ0n) is 12.9. The third-order valence-electron chi connectivity index (χ3n) is 3.45. The van der Waals surface area contributed by atoms with Crippen LogP contribution in [0.15, 0.2) is 35.8 Å². The zero-order chi connectivity index (χ0) is 16.4. The van der Waals surface area contributed by atoms with Crippen molar-refractivity contribution in [3.8, 4) is 5.69 Å². The molecule has 0 unspecified atom stereocenters. The number of rotatable bonds is 4. The minimum Gasteiger partial charge on any atom is -0.304 e. The number of anilines is 1. The number of nitrogens with one attached hydrogen (secondary N) is 1. The normalized spacial score (nSPS) is 14.1. The van der Waals surface area contributed by atoms with Gasteiger partial charge < -0.3 is 5.32 Å². The third kappa shape index (κ3) is 2.96. The number of carbonyl (C=O) groups excluding carboxylic acids is 2. The molecule has 0 spiro atoms. The Kier molecular flexibility index (Phi) is 3.88. The van der Waals surface area contributed by atoms with Crippen molar-refractivity contribution in [2.75, 3.05) is 11.9 Å². The number of nitrogens with zero attached hydrogens (tertiary/aromatic N) is 5. The summed E-state index contributed by atoms with van der Waals surface area (Å²) < 4.78 is 1.64. The summed E-state index contributed by atoms with van der Waals surface area (Å²) >= 11 is 0. The summed E-state index contributed by atoms with van der Waals surface area (Å²) in [5.74, 6) is -0.145. The van der Waals surface area contributed by atoms with E-state index in [9.17, 15) is 9.59 Å². The van der Waals surface area contributed by atoms with Crippen LogP contribution in [0.3, 0.4) is 0 Å². The molecule has 118 valence electrons. The zero-order valence-corrected chi connectivity index (χ0v) is 12.9. The number of carbonyl (C=O) groups is 2. The van der Waals surface area contributed by atoms with Gasteiger partial charge in [-0.05, 0) is 26.0 Å². The van der Waals surface area contributed by atoms with Gasteiger partial charge in [-0.2, -0.15) is 5.10 Å². The van der Waals surface area contributed by atoms with Gasteiger partial charge in [0.15, 0.2) is 5.82 Å². The van der Waals surface area contributed by atoms with Crippen LogP contribution < -0.4 is 5.32 Å². The Morgan fingerprint density at radius 2 is 2.26 bits per heavy atom. The Morgan fingerprint density at radius 3 is 2.91 bits per heavy atom. The lowest BCUT2D eigenvalue weighted by Crippen LogP contribution is -2.23. The van der Waals surface area contributed by atoms with Crippen LogP contribution in [0.4, 0.5) is 5.82 Å². The molecule has 0 radical (unpaired) electrons. The van der Waals surface area contributed by atoms with Crippen LogP contribution >= 0.6 is 0 Å². The van der Waals surface area contributed by atoms with E-state index in [-0.39, 0.29) is 18.0 Å². The molecule has 1 aliphatic rings. The molecule has 0 saturated carbocycles. The lowest BCUT2D eigenvalue weighted by Gasteiger charge is -2.05. The van der Waals surface area contributed by atoms with Crippen LogP contribution in [0.2, 0.25) is 0 Å². The van der Waals surface area contributed by atoms with E-state index in [0.717, 1.165) is 11.3 Å². The Bertz CT molecular complexity index is 781. The minimum absolute atomic E-state index is 0.0159. The molecular weight excluding hydrogens is 296 g/mol.